The average Bonchev–Trinajstić information content (AvgIpc) is 3.23. The van der Waals surface area contributed by atoms with Gasteiger partial charge in [0.15, 0.2) is 0 Å². The number of aromatic nitrogens is 3. The first-order valence-corrected chi connectivity index (χ1v) is 12.4. The van der Waals surface area contributed by atoms with Crippen molar-refractivity contribution in [2.45, 2.75) is 47.7 Å². The fourth-order valence-electron chi connectivity index (χ4n) is 4.68. The fourth-order valence-corrected chi connectivity index (χ4v) is 4.68. The SMILES string of the molecule is Cc1cc(C)nc(CN(C=O)CCOc2c(C)cc(Cn3ccnc3C)cc2-c2ccc(F)cc2C)c1. The van der Waals surface area contributed by atoms with Gasteiger partial charge in [-0.2, -0.15) is 0 Å². The number of hydrogen-bond donors (Lipinski definition) is 0. The van der Waals surface area contributed by atoms with E-state index in [0.29, 0.717) is 26.2 Å². The van der Waals surface area contributed by atoms with Gasteiger partial charge in [0.2, 0.25) is 6.41 Å². The molecule has 1 amide bonds. The topological polar surface area (TPSA) is 60.3 Å². The molecule has 7 heteroatoms. The number of carbonyl (C=O) groups is 1. The summed E-state index contributed by atoms with van der Waals surface area (Å²) in [4.78, 5) is 22.3. The molecule has 0 spiro atoms. The summed E-state index contributed by atoms with van der Waals surface area (Å²) in [5.74, 6) is 1.40. The maximum atomic E-state index is 13.9. The van der Waals surface area contributed by atoms with Crippen molar-refractivity contribution in [1.29, 1.82) is 0 Å². The Morgan fingerprint density at radius 2 is 1.81 bits per heavy atom. The summed E-state index contributed by atoms with van der Waals surface area (Å²) in [5.41, 5.74) is 7.61. The fraction of sp³-hybridized carbons (Fsp3) is 0.300. The van der Waals surface area contributed by atoms with Crippen LogP contribution in [0.25, 0.3) is 11.1 Å². The summed E-state index contributed by atoms with van der Waals surface area (Å²) < 4.78 is 22.3. The van der Waals surface area contributed by atoms with Crippen LogP contribution in [-0.4, -0.2) is 39.0 Å². The number of benzene rings is 2. The number of imidazole rings is 1. The minimum atomic E-state index is -0.271. The number of halogens is 1. The second kappa shape index (κ2) is 11.4. The van der Waals surface area contributed by atoms with Gasteiger partial charge in [-0.15, -0.1) is 0 Å². The molecule has 4 rings (SSSR count). The lowest BCUT2D eigenvalue weighted by molar-refractivity contribution is -0.119. The molecule has 0 saturated carbocycles. The average molecular weight is 501 g/mol. The monoisotopic (exact) mass is 500 g/mol. The Balaban J connectivity index is 1.58. The number of hydrogen-bond acceptors (Lipinski definition) is 4. The van der Waals surface area contributed by atoms with Crippen LogP contribution in [0.2, 0.25) is 0 Å². The maximum Gasteiger partial charge on any atom is 0.210 e. The van der Waals surface area contributed by atoms with E-state index in [2.05, 4.69) is 26.7 Å². The van der Waals surface area contributed by atoms with Crippen molar-refractivity contribution in [3.05, 3.63) is 100 Å². The van der Waals surface area contributed by atoms with Crippen LogP contribution in [0, 0.1) is 40.4 Å². The number of ether oxygens (including phenoxy) is 1. The van der Waals surface area contributed by atoms with Crippen molar-refractivity contribution in [3.8, 4) is 16.9 Å². The van der Waals surface area contributed by atoms with Crippen molar-refractivity contribution >= 4 is 6.41 Å². The second-order valence-electron chi connectivity index (χ2n) is 9.55. The zero-order valence-electron chi connectivity index (χ0n) is 22.1. The van der Waals surface area contributed by atoms with E-state index in [0.717, 1.165) is 62.8 Å². The Kier molecular flexibility index (Phi) is 8.01. The van der Waals surface area contributed by atoms with Crippen LogP contribution < -0.4 is 4.74 Å². The normalized spacial score (nSPS) is 11.0. The number of nitrogens with zero attached hydrogens (tertiary/aromatic N) is 4. The molecule has 2 heterocycles. The van der Waals surface area contributed by atoms with Gasteiger partial charge in [0.1, 0.15) is 24.0 Å². The Bertz CT molecular complexity index is 1390. The standard InChI is InChI=1S/C30H33FN4O2/c1-20-12-23(4)33-27(13-20)18-34(19-36)10-11-37-30-22(3)14-25(17-35-9-8-32-24(35)5)16-29(30)28-7-6-26(31)15-21(28)2/h6-9,12-16,19H,10-11,17-18H2,1-5H3. The van der Waals surface area contributed by atoms with Crippen LogP contribution in [-0.2, 0) is 17.9 Å². The highest BCUT2D eigenvalue weighted by atomic mass is 19.1. The summed E-state index contributed by atoms with van der Waals surface area (Å²) in [6.45, 7) is 11.7. The largest absolute Gasteiger partial charge is 0.491 e. The van der Waals surface area contributed by atoms with Gasteiger partial charge >= 0.3 is 0 Å². The zero-order chi connectivity index (χ0) is 26.5. The van der Waals surface area contributed by atoms with Gasteiger partial charge in [-0.1, -0.05) is 12.1 Å². The summed E-state index contributed by atoms with van der Waals surface area (Å²) >= 11 is 0. The zero-order valence-corrected chi connectivity index (χ0v) is 22.1. The van der Waals surface area contributed by atoms with Gasteiger partial charge in [-0.05, 0) is 92.8 Å². The lowest BCUT2D eigenvalue weighted by atomic mass is 9.95. The van der Waals surface area contributed by atoms with E-state index in [1.54, 1.807) is 17.2 Å². The minimum Gasteiger partial charge on any atom is -0.491 e. The van der Waals surface area contributed by atoms with E-state index >= 15 is 0 Å². The van der Waals surface area contributed by atoms with Gasteiger partial charge in [0.05, 0.1) is 18.8 Å². The van der Waals surface area contributed by atoms with Crippen LogP contribution in [0.1, 0.15) is 39.5 Å². The molecule has 0 radical (unpaired) electrons. The predicted molar refractivity (Wildman–Crippen MR) is 143 cm³/mol. The van der Waals surface area contributed by atoms with E-state index < -0.39 is 0 Å². The molecule has 6 nitrogen and oxygen atoms in total. The molecule has 0 aliphatic rings. The number of carbonyl (C=O) groups excluding carboxylic acids is 1. The van der Waals surface area contributed by atoms with Crippen molar-refractivity contribution in [2.24, 2.45) is 0 Å². The van der Waals surface area contributed by atoms with Crippen LogP contribution in [0.3, 0.4) is 0 Å². The highest BCUT2D eigenvalue weighted by Gasteiger charge is 2.16. The van der Waals surface area contributed by atoms with E-state index in [-0.39, 0.29) is 5.82 Å². The predicted octanol–water partition coefficient (Wildman–Crippen LogP) is 5.71. The first-order valence-electron chi connectivity index (χ1n) is 12.4. The number of amides is 1. The summed E-state index contributed by atoms with van der Waals surface area (Å²) in [6, 6.07) is 13.0. The van der Waals surface area contributed by atoms with Crippen LogP contribution in [0.5, 0.6) is 5.75 Å². The molecule has 37 heavy (non-hydrogen) atoms. The molecule has 0 N–H and O–H groups in total. The molecule has 4 aromatic rings. The highest BCUT2D eigenvalue weighted by molar-refractivity contribution is 5.75. The third kappa shape index (κ3) is 6.42. The number of aryl methyl sites for hydroxylation is 5. The third-order valence-corrected chi connectivity index (χ3v) is 6.38. The van der Waals surface area contributed by atoms with Gasteiger partial charge in [0, 0.05) is 30.2 Å². The summed E-state index contributed by atoms with van der Waals surface area (Å²) in [7, 11) is 0. The Hall–Kier alpha value is -4.00. The van der Waals surface area contributed by atoms with Crippen molar-refractivity contribution < 1.29 is 13.9 Å². The summed E-state index contributed by atoms with van der Waals surface area (Å²) in [5, 5.41) is 0. The molecule has 0 atom stereocenters. The minimum absolute atomic E-state index is 0.271. The molecule has 2 aromatic carbocycles. The van der Waals surface area contributed by atoms with Crippen LogP contribution in [0.15, 0.2) is 54.9 Å². The first-order chi connectivity index (χ1) is 17.7. The van der Waals surface area contributed by atoms with Crippen molar-refractivity contribution in [3.63, 3.8) is 0 Å². The van der Waals surface area contributed by atoms with E-state index in [4.69, 9.17) is 4.74 Å². The highest BCUT2D eigenvalue weighted by Crippen LogP contribution is 2.36. The van der Waals surface area contributed by atoms with E-state index in [9.17, 15) is 9.18 Å². The molecule has 2 aromatic heterocycles. The van der Waals surface area contributed by atoms with E-state index in [1.807, 2.05) is 52.9 Å². The van der Waals surface area contributed by atoms with Gasteiger partial charge in [0.25, 0.3) is 0 Å². The Labute approximate surface area is 217 Å². The molecular formula is C30H33FN4O2. The second-order valence-corrected chi connectivity index (χ2v) is 9.55. The first kappa shape index (κ1) is 26.1. The lowest BCUT2D eigenvalue weighted by Crippen LogP contribution is -2.27. The maximum absolute atomic E-state index is 13.9. The number of pyridine rings is 1. The Morgan fingerprint density at radius 1 is 1.00 bits per heavy atom. The molecule has 192 valence electrons. The van der Waals surface area contributed by atoms with Crippen molar-refractivity contribution in [1.82, 2.24) is 19.4 Å². The summed E-state index contributed by atoms with van der Waals surface area (Å²) in [6.07, 6.45) is 4.57. The molecule has 0 unspecified atom stereocenters. The number of rotatable bonds is 10. The van der Waals surface area contributed by atoms with Gasteiger partial charge in [-0.25, -0.2) is 9.37 Å². The molecule has 0 saturated heterocycles. The smallest absolute Gasteiger partial charge is 0.210 e. The third-order valence-electron chi connectivity index (χ3n) is 6.38. The lowest BCUT2D eigenvalue weighted by Gasteiger charge is -2.21. The van der Waals surface area contributed by atoms with Gasteiger partial charge < -0.3 is 14.2 Å². The molecule has 0 fully saturated rings. The molecular weight excluding hydrogens is 467 g/mol. The van der Waals surface area contributed by atoms with Gasteiger partial charge in [-0.3, -0.25) is 9.78 Å². The molecule has 0 bridgehead atoms. The van der Waals surface area contributed by atoms with Crippen LogP contribution in [0.4, 0.5) is 4.39 Å². The quantitative estimate of drug-likeness (QED) is 0.262. The van der Waals surface area contributed by atoms with Crippen LogP contribution >= 0.6 is 0 Å². The van der Waals surface area contributed by atoms with E-state index in [1.165, 1.54) is 12.1 Å². The Morgan fingerprint density at radius 3 is 2.49 bits per heavy atom. The van der Waals surface area contributed by atoms with Crippen molar-refractivity contribution in [2.75, 3.05) is 13.2 Å². The molecule has 0 aliphatic heterocycles. The molecule has 0 aliphatic carbocycles.